The van der Waals surface area contributed by atoms with Crippen molar-refractivity contribution in [1.82, 2.24) is 0 Å². The first-order chi connectivity index (χ1) is 9.97. The van der Waals surface area contributed by atoms with Crippen LogP contribution in [0.25, 0.3) is 6.08 Å². The van der Waals surface area contributed by atoms with Gasteiger partial charge in [0.2, 0.25) is 0 Å². The summed E-state index contributed by atoms with van der Waals surface area (Å²) in [5.41, 5.74) is 1.39. The first-order valence-electron chi connectivity index (χ1n) is 6.26. The third-order valence-corrected chi connectivity index (χ3v) is 3.19. The van der Waals surface area contributed by atoms with E-state index in [0.29, 0.717) is 11.1 Å². The standard InChI is InChI=1S/C15H15BrO5/c1-2-21-15(20)13-5-3-10(8-12(17)9-16)7-11(13)4-6-14(18)19/h3-7H,2,8-9H2,1H3,(H,18,19)/b6-4+. The van der Waals surface area contributed by atoms with Crippen LogP contribution in [0.3, 0.4) is 0 Å². The number of alkyl halides is 1. The molecule has 0 bridgehead atoms. The van der Waals surface area contributed by atoms with Gasteiger partial charge in [-0.05, 0) is 30.2 Å². The number of hydrogen-bond donors (Lipinski definition) is 1. The highest BCUT2D eigenvalue weighted by Crippen LogP contribution is 2.16. The first kappa shape index (κ1) is 17.1. The Hall–Kier alpha value is -1.95. The van der Waals surface area contributed by atoms with Crippen molar-refractivity contribution < 1.29 is 24.2 Å². The Kier molecular flexibility index (Phi) is 6.81. The number of Topliss-reactive ketones (excluding diaryl/α,β-unsaturated/α-hetero) is 1. The molecule has 6 heteroatoms. The van der Waals surface area contributed by atoms with Gasteiger partial charge in [-0.2, -0.15) is 0 Å². The molecule has 0 saturated carbocycles. The third kappa shape index (κ3) is 5.51. The molecule has 0 aliphatic carbocycles. The molecule has 1 aromatic rings. The molecule has 0 aliphatic rings. The van der Waals surface area contributed by atoms with E-state index < -0.39 is 11.9 Å². The third-order valence-electron chi connectivity index (χ3n) is 2.57. The first-order valence-corrected chi connectivity index (χ1v) is 7.38. The van der Waals surface area contributed by atoms with Crippen molar-refractivity contribution in [2.75, 3.05) is 11.9 Å². The maximum atomic E-state index is 11.8. The van der Waals surface area contributed by atoms with E-state index in [-0.39, 0.29) is 29.7 Å². The monoisotopic (exact) mass is 354 g/mol. The highest BCUT2D eigenvalue weighted by Gasteiger charge is 2.13. The number of hydrogen-bond acceptors (Lipinski definition) is 4. The van der Waals surface area contributed by atoms with Crippen LogP contribution in [-0.2, 0) is 20.7 Å². The number of rotatable bonds is 7. The van der Waals surface area contributed by atoms with Crippen LogP contribution in [0, 0.1) is 0 Å². The molecule has 112 valence electrons. The summed E-state index contributed by atoms with van der Waals surface area (Å²) in [6.45, 7) is 1.92. The van der Waals surface area contributed by atoms with Gasteiger partial charge >= 0.3 is 11.9 Å². The number of halogens is 1. The lowest BCUT2D eigenvalue weighted by Crippen LogP contribution is -2.09. The van der Waals surface area contributed by atoms with Gasteiger partial charge < -0.3 is 9.84 Å². The molecule has 1 N–H and O–H groups in total. The van der Waals surface area contributed by atoms with E-state index in [0.717, 1.165) is 6.08 Å². The number of ketones is 1. The predicted molar refractivity (Wildman–Crippen MR) is 81.6 cm³/mol. The number of esters is 1. The highest BCUT2D eigenvalue weighted by atomic mass is 79.9. The number of benzene rings is 1. The maximum Gasteiger partial charge on any atom is 0.338 e. The molecule has 0 aliphatic heterocycles. The second kappa shape index (κ2) is 8.36. The summed E-state index contributed by atoms with van der Waals surface area (Å²) < 4.78 is 4.92. The van der Waals surface area contributed by atoms with Crippen LogP contribution in [0.1, 0.15) is 28.4 Å². The quantitative estimate of drug-likeness (QED) is 0.462. The lowest BCUT2D eigenvalue weighted by atomic mass is 10.0. The second-order valence-electron chi connectivity index (χ2n) is 4.16. The lowest BCUT2D eigenvalue weighted by molar-refractivity contribution is -0.131. The van der Waals surface area contributed by atoms with Crippen LogP contribution in [0.2, 0.25) is 0 Å². The smallest absolute Gasteiger partial charge is 0.338 e. The average Bonchev–Trinajstić information content (AvgIpc) is 2.45. The van der Waals surface area contributed by atoms with Crippen LogP contribution in [0.5, 0.6) is 0 Å². The van der Waals surface area contributed by atoms with Crippen LogP contribution in [-0.4, -0.2) is 34.8 Å². The fourth-order valence-electron chi connectivity index (χ4n) is 1.69. The van der Waals surface area contributed by atoms with Gasteiger partial charge in [0, 0.05) is 12.5 Å². The van der Waals surface area contributed by atoms with Crippen LogP contribution in [0.4, 0.5) is 0 Å². The summed E-state index contributed by atoms with van der Waals surface area (Å²) >= 11 is 3.08. The topological polar surface area (TPSA) is 80.7 Å². The number of aliphatic carboxylic acids is 1. The van der Waals surface area contributed by atoms with E-state index in [9.17, 15) is 14.4 Å². The Morgan fingerprint density at radius 1 is 1.33 bits per heavy atom. The highest BCUT2D eigenvalue weighted by molar-refractivity contribution is 9.09. The van der Waals surface area contributed by atoms with E-state index in [1.54, 1.807) is 19.1 Å². The maximum absolute atomic E-state index is 11.8. The largest absolute Gasteiger partial charge is 0.478 e. The number of carboxylic acids is 1. The molecule has 0 atom stereocenters. The van der Waals surface area contributed by atoms with Gasteiger partial charge in [-0.3, -0.25) is 4.79 Å². The van der Waals surface area contributed by atoms with Crippen molar-refractivity contribution in [2.24, 2.45) is 0 Å². The Labute approximate surface area is 130 Å². The molecular weight excluding hydrogens is 340 g/mol. The molecule has 0 amide bonds. The van der Waals surface area contributed by atoms with E-state index in [2.05, 4.69) is 15.9 Å². The molecule has 0 radical (unpaired) electrons. The number of carboxylic acid groups (broad SMARTS) is 1. The fraction of sp³-hybridized carbons (Fsp3) is 0.267. The van der Waals surface area contributed by atoms with Crippen LogP contribution in [0.15, 0.2) is 24.3 Å². The Balaban J connectivity index is 3.16. The van der Waals surface area contributed by atoms with Crippen LogP contribution < -0.4 is 0 Å². The molecule has 0 aromatic heterocycles. The van der Waals surface area contributed by atoms with E-state index in [4.69, 9.17) is 9.84 Å². The molecule has 0 fully saturated rings. The minimum atomic E-state index is -1.12. The van der Waals surface area contributed by atoms with E-state index in [1.807, 2.05) is 0 Å². The lowest BCUT2D eigenvalue weighted by Gasteiger charge is -2.08. The van der Waals surface area contributed by atoms with Crippen molar-refractivity contribution in [3.8, 4) is 0 Å². The molecular formula is C15H15BrO5. The summed E-state index contributed by atoms with van der Waals surface area (Å²) in [4.78, 5) is 33.9. The minimum Gasteiger partial charge on any atom is -0.478 e. The van der Waals surface area contributed by atoms with Gasteiger partial charge in [-0.15, -0.1) is 0 Å². The van der Waals surface area contributed by atoms with Crippen molar-refractivity contribution in [1.29, 1.82) is 0 Å². The minimum absolute atomic E-state index is 0.00736. The zero-order valence-electron chi connectivity index (χ0n) is 11.5. The molecule has 0 spiro atoms. The Morgan fingerprint density at radius 3 is 2.62 bits per heavy atom. The van der Waals surface area contributed by atoms with E-state index in [1.165, 1.54) is 12.1 Å². The number of ether oxygens (including phenoxy) is 1. The van der Waals surface area contributed by atoms with Crippen LogP contribution >= 0.6 is 15.9 Å². The normalized spacial score (nSPS) is 10.6. The Bertz CT molecular complexity index is 577. The average molecular weight is 355 g/mol. The van der Waals surface area contributed by atoms with E-state index >= 15 is 0 Å². The zero-order valence-corrected chi connectivity index (χ0v) is 13.1. The zero-order chi connectivity index (χ0) is 15.8. The number of carbonyl (C=O) groups excluding carboxylic acids is 2. The van der Waals surface area contributed by atoms with Crippen molar-refractivity contribution in [3.63, 3.8) is 0 Å². The van der Waals surface area contributed by atoms with Gasteiger partial charge in [-0.1, -0.05) is 28.1 Å². The Morgan fingerprint density at radius 2 is 2.05 bits per heavy atom. The molecule has 0 unspecified atom stereocenters. The summed E-state index contributed by atoms with van der Waals surface area (Å²) in [5.74, 6) is -1.65. The fourth-order valence-corrected chi connectivity index (χ4v) is 1.89. The summed E-state index contributed by atoms with van der Waals surface area (Å²) in [5, 5.41) is 8.94. The molecule has 5 nitrogen and oxygen atoms in total. The predicted octanol–water partition coefficient (Wildman–Crippen LogP) is 2.47. The molecule has 1 rings (SSSR count). The van der Waals surface area contributed by atoms with Crippen molar-refractivity contribution >= 4 is 39.7 Å². The SMILES string of the molecule is CCOC(=O)c1ccc(CC(=O)CBr)cc1/C=C/C(=O)O. The second-order valence-corrected chi connectivity index (χ2v) is 4.72. The van der Waals surface area contributed by atoms with Crippen molar-refractivity contribution in [2.45, 2.75) is 13.3 Å². The van der Waals surface area contributed by atoms with Crippen molar-refractivity contribution in [3.05, 3.63) is 41.0 Å². The molecule has 0 heterocycles. The molecule has 0 saturated heterocycles. The summed E-state index contributed by atoms with van der Waals surface area (Å²) in [6, 6.07) is 4.81. The van der Waals surface area contributed by atoms with Gasteiger partial charge in [0.25, 0.3) is 0 Å². The summed E-state index contributed by atoms with van der Waals surface area (Å²) in [6.07, 6.45) is 2.47. The van der Waals surface area contributed by atoms with Gasteiger partial charge in [0.15, 0.2) is 0 Å². The molecule has 21 heavy (non-hydrogen) atoms. The van der Waals surface area contributed by atoms with Gasteiger partial charge in [0.1, 0.15) is 5.78 Å². The number of carbonyl (C=O) groups is 3. The molecule has 1 aromatic carbocycles. The van der Waals surface area contributed by atoms with Gasteiger partial charge in [0.05, 0.1) is 17.5 Å². The summed E-state index contributed by atoms with van der Waals surface area (Å²) in [7, 11) is 0. The van der Waals surface area contributed by atoms with Gasteiger partial charge in [-0.25, -0.2) is 9.59 Å².